The molecule has 9 heteroatoms. The second-order valence-electron chi connectivity index (χ2n) is 10.2. The summed E-state index contributed by atoms with van der Waals surface area (Å²) in [6.45, 7) is 9.72. The summed E-state index contributed by atoms with van der Waals surface area (Å²) in [5.74, 6) is -0.265. The third kappa shape index (κ3) is 23.8. The van der Waals surface area contributed by atoms with E-state index in [2.05, 4.69) is 29.8 Å². The van der Waals surface area contributed by atoms with E-state index in [1.165, 1.54) is 77.0 Å². The summed E-state index contributed by atoms with van der Waals surface area (Å²) in [6, 6.07) is 0. The molecule has 0 rings (SSSR count). The SMILES string of the molecule is CCCCCCCCC(CCCCCCCC)ON(C)CCNC(=O)CNCC(=O)NCCN(CC)OC. The van der Waals surface area contributed by atoms with Crippen molar-refractivity contribution in [3.05, 3.63) is 0 Å². The molecule has 3 N–H and O–H groups in total. The van der Waals surface area contributed by atoms with Crippen LogP contribution in [0.1, 0.15) is 111 Å². The molecule has 0 saturated heterocycles. The lowest BCUT2D eigenvalue weighted by Crippen LogP contribution is -2.43. The Balaban J connectivity index is 4.12. The number of nitrogens with one attached hydrogen (secondary N) is 3. The van der Waals surface area contributed by atoms with Gasteiger partial charge in [0, 0.05) is 39.8 Å². The molecule has 0 unspecified atom stereocenters. The van der Waals surface area contributed by atoms with Gasteiger partial charge in [-0.2, -0.15) is 10.1 Å². The first kappa shape index (κ1) is 36.7. The summed E-state index contributed by atoms with van der Waals surface area (Å²) < 4.78 is 0. The van der Waals surface area contributed by atoms with Gasteiger partial charge in [0.05, 0.1) is 26.3 Å². The smallest absolute Gasteiger partial charge is 0.234 e. The average molecular weight is 544 g/mol. The highest BCUT2D eigenvalue weighted by molar-refractivity contribution is 5.81. The van der Waals surface area contributed by atoms with Gasteiger partial charge in [0.15, 0.2) is 0 Å². The summed E-state index contributed by atoms with van der Waals surface area (Å²) in [5.41, 5.74) is 0. The molecular formula is C29H61N5O4. The molecule has 0 fully saturated rings. The lowest BCUT2D eigenvalue weighted by Gasteiger charge is -2.25. The topological polar surface area (TPSA) is 95.2 Å². The van der Waals surface area contributed by atoms with Crippen LogP contribution in [0, 0.1) is 0 Å². The van der Waals surface area contributed by atoms with Crippen LogP contribution < -0.4 is 16.0 Å². The van der Waals surface area contributed by atoms with Gasteiger partial charge in [-0.15, -0.1) is 0 Å². The van der Waals surface area contributed by atoms with Gasteiger partial charge in [0.25, 0.3) is 0 Å². The zero-order chi connectivity index (χ0) is 28.3. The van der Waals surface area contributed by atoms with Crippen molar-refractivity contribution in [2.24, 2.45) is 0 Å². The number of hydrogen-bond acceptors (Lipinski definition) is 7. The normalized spacial score (nSPS) is 11.6. The van der Waals surface area contributed by atoms with Crippen molar-refractivity contribution in [1.82, 2.24) is 26.1 Å². The first-order chi connectivity index (χ1) is 18.5. The molecule has 0 aromatic carbocycles. The molecule has 38 heavy (non-hydrogen) atoms. The molecule has 0 bridgehead atoms. The molecular weight excluding hydrogens is 482 g/mol. The molecule has 0 spiro atoms. The summed E-state index contributed by atoms with van der Waals surface area (Å²) in [6.07, 6.45) is 18.0. The van der Waals surface area contributed by atoms with Crippen LogP contribution in [0.25, 0.3) is 0 Å². The van der Waals surface area contributed by atoms with Gasteiger partial charge < -0.3 is 15.5 Å². The predicted octanol–water partition coefficient (Wildman–Crippen LogP) is 4.42. The Hall–Kier alpha value is -1.26. The minimum Gasteiger partial charge on any atom is -0.354 e. The Kier molecular flexibility index (Phi) is 26.4. The molecule has 0 aromatic rings. The maximum Gasteiger partial charge on any atom is 0.234 e. The Labute approximate surface area is 234 Å². The molecule has 0 aliphatic carbocycles. The van der Waals surface area contributed by atoms with E-state index in [1.807, 2.05) is 19.0 Å². The van der Waals surface area contributed by atoms with E-state index >= 15 is 0 Å². The van der Waals surface area contributed by atoms with Crippen molar-refractivity contribution in [2.75, 3.05) is 60.0 Å². The Bertz CT molecular complexity index is 533. The van der Waals surface area contributed by atoms with E-state index in [-0.39, 0.29) is 31.0 Å². The number of nitrogens with zero attached hydrogens (tertiary/aromatic N) is 2. The average Bonchev–Trinajstić information content (AvgIpc) is 2.90. The van der Waals surface area contributed by atoms with Gasteiger partial charge in [0.2, 0.25) is 11.8 Å². The molecule has 0 radical (unpaired) electrons. The Morgan fingerprint density at radius 2 is 1.18 bits per heavy atom. The van der Waals surface area contributed by atoms with Crippen LogP contribution in [0.2, 0.25) is 0 Å². The molecule has 0 aliphatic rings. The summed E-state index contributed by atoms with van der Waals surface area (Å²) >= 11 is 0. The fraction of sp³-hybridized carbons (Fsp3) is 0.931. The molecule has 9 nitrogen and oxygen atoms in total. The maximum atomic E-state index is 12.1. The first-order valence-electron chi connectivity index (χ1n) is 15.4. The second kappa shape index (κ2) is 27.3. The molecule has 0 atom stereocenters. The number of hydroxylamine groups is 4. The number of hydrogen-bond donors (Lipinski definition) is 3. The van der Waals surface area contributed by atoms with Crippen LogP contribution in [-0.4, -0.2) is 88.0 Å². The second-order valence-corrected chi connectivity index (χ2v) is 10.2. The lowest BCUT2D eigenvalue weighted by molar-refractivity contribution is -0.184. The number of carbonyl (C=O) groups excluding carboxylic acids is 2. The standard InChI is InChI=1S/C29H61N5O4/c1-6-9-11-13-15-17-19-27(20-18-16-14-12-10-7-2)38-33(4)23-21-31-28(35)25-30-26-29(36)32-22-24-34(8-3)37-5/h27,30H,6-26H2,1-5H3,(H,31,35)(H,32,36). The molecule has 0 aliphatic heterocycles. The molecule has 0 saturated carbocycles. The van der Waals surface area contributed by atoms with E-state index in [1.54, 1.807) is 12.2 Å². The molecule has 226 valence electrons. The van der Waals surface area contributed by atoms with E-state index in [0.29, 0.717) is 26.2 Å². The third-order valence-electron chi connectivity index (χ3n) is 6.70. The number of likely N-dealkylation sites (N-methyl/N-ethyl adjacent to an activating group) is 2. The highest BCUT2D eigenvalue weighted by Gasteiger charge is 2.13. The predicted molar refractivity (Wildman–Crippen MR) is 157 cm³/mol. The van der Waals surface area contributed by atoms with Crippen LogP contribution in [0.5, 0.6) is 0 Å². The number of carbonyl (C=O) groups is 2. The van der Waals surface area contributed by atoms with Crippen LogP contribution >= 0.6 is 0 Å². The van der Waals surface area contributed by atoms with Crippen molar-refractivity contribution >= 4 is 11.8 Å². The fourth-order valence-corrected chi connectivity index (χ4v) is 4.33. The number of amides is 2. The molecule has 0 heterocycles. The minimum absolute atomic E-state index is 0.105. The van der Waals surface area contributed by atoms with Gasteiger partial charge in [-0.3, -0.25) is 19.7 Å². The van der Waals surface area contributed by atoms with Gasteiger partial charge in [-0.05, 0) is 12.8 Å². The highest BCUT2D eigenvalue weighted by atomic mass is 16.7. The summed E-state index contributed by atoms with van der Waals surface area (Å²) in [7, 11) is 3.56. The maximum absolute atomic E-state index is 12.1. The summed E-state index contributed by atoms with van der Waals surface area (Å²) in [4.78, 5) is 35.4. The monoisotopic (exact) mass is 543 g/mol. The molecule has 2 amide bonds. The zero-order valence-corrected chi connectivity index (χ0v) is 25.5. The number of unbranched alkanes of at least 4 members (excludes halogenated alkanes) is 10. The Morgan fingerprint density at radius 1 is 0.711 bits per heavy atom. The van der Waals surface area contributed by atoms with Gasteiger partial charge >= 0.3 is 0 Å². The van der Waals surface area contributed by atoms with E-state index in [9.17, 15) is 9.59 Å². The van der Waals surface area contributed by atoms with Crippen molar-refractivity contribution in [1.29, 1.82) is 0 Å². The van der Waals surface area contributed by atoms with Gasteiger partial charge in [0.1, 0.15) is 0 Å². The van der Waals surface area contributed by atoms with Crippen LogP contribution in [-0.2, 0) is 19.3 Å². The van der Waals surface area contributed by atoms with Crippen molar-refractivity contribution in [2.45, 2.75) is 117 Å². The van der Waals surface area contributed by atoms with Crippen molar-refractivity contribution < 1.29 is 19.3 Å². The van der Waals surface area contributed by atoms with Crippen molar-refractivity contribution in [3.63, 3.8) is 0 Å². The largest absolute Gasteiger partial charge is 0.354 e. The van der Waals surface area contributed by atoms with Crippen LogP contribution in [0.3, 0.4) is 0 Å². The van der Waals surface area contributed by atoms with E-state index < -0.39 is 0 Å². The fourth-order valence-electron chi connectivity index (χ4n) is 4.33. The van der Waals surface area contributed by atoms with Gasteiger partial charge in [-0.1, -0.05) is 97.8 Å². The molecule has 0 aromatic heterocycles. The highest BCUT2D eigenvalue weighted by Crippen LogP contribution is 2.17. The third-order valence-corrected chi connectivity index (χ3v) is 6.70. The first-order valence-corrected chi connectivity index (χ1v) is 15.4. The zero-order valence-electron chi connectivity index (χ0n) is 25.5. The quantitative estimate of drug-likeness (QED) is 0.0993. The van der Waals surface area contributed by atoms with Crippen LogP contribution in [0.4, 0.5) is 0 Å². The Morgan fingerprint density at radius 3 is 1.66 bits per heavy atom. The minimum atomic E-state index is -0.139. The van der Waals surface area contributed by atoms with Crippen molar-refractivity contribution in [3.8, 4) is 0 Å². The lowest BCUT2D eigenvalue weighted by atomic mass is 10.0. The van der Waals surface area contributed by atoms with Gasteiger partial charge in [-0.25, -0.2) is 0 Å². The summed E-state index contributed by atoms with van der Waals surface area (Å²) in [5, 5.41) is 12.2. The van der Waals surface area contributed by atoms with E-state index in [0.717, 1.165) is 19.4 Å². The van der Waals surface area contributed by atoms with E-state index in [4.69, 9.17) is 9.68 Å². The van der Waals surface area contributed by atoms with Crippen LogP contribution in [0.15, 0.2) is 0 Å². The number of rotatable bonds is 28.